The van der Waals surface area contributed by atoms with Crippen LogP contribution in [-0.2, 0) is 14.4 Å². The topological polar surface area (TPSA) is 116 Å². The van der Waals surface area contributed by atoms with Gasteiger partial charge in [0.25, 0.3) is 0 Å². The Morgan fingerprint density at radius 1 is 1.14 bits per heavy atom. The molecule has 1 aliphatic carbocycles. The van der Waals surface area contributed by atoms with Gasteiger partial charge in [-0.1, -0.05) is 65.8 Å². The van der Waals surface area contributed by atoms with Crippen LogP contribution in [0.3, 0.4) is 0 Å². The third kappa shape index (κ3) is 7.01. The number of β-amino-alcohol motifs (C(OH)–C–C–N with tert-alkyl or cyclic N) is 1. The average Bonchev–Trinajstić information content (AvgIpc) is 3.44. The highest BCUT2D eigenvalue weighted by Crippen LogP contribution is 2.41. The molecule has 1 saturated carbocycles. The van der Waals surface area contributed by atoms with Gasteiger partial charge < -0.3 is 20.6 Å². The SMILES string of the molecule is [C-]#[N+]C1(C(=O)N[C@H](C(=O)N2C[C@H](O)C[C@H]2C(=O)N[C@@H](CC(C)(C)C)c2ccc(-c3scnc3C)cc2)C(C)(C)C)CC1. The summed E-state index contributed by atoms with van der Waals surface area (Å²) in [5.41, 5.74) is 2.95. The number of rotatable bonds is 8. The number of carbonyl (C=O) groups is 3. The summed E-state index contributed by atoms with van der Waals surface area (Å²) in [7, 11) is 0. The predicted octanol–water partition coefficient (Wildman–Crippen LogP) is 4.66. The fourth-order valence-corrected chi connectivity index (χ4v) is 6.28. The monoisotopic (exact) mass is 593 g/mol. The number of nitrogens with zero attached hydrogens (tertiary/aromatic N) is 3. The smallest absolute Gasteiger partial charge is 0.309 e. The number of thiazole rings is 1. The van der Waals surface area contributed by atoms with Crippen molar-refractivity contribution in [3.8, 4) is 10.4 Å². The van der Waals surface area contributed by atoms with Crippen LogP contribution in [0.1, 0.15) is 84.5 Å². The number of benzene rings is 1. The lowest BCUT2D eigenvalue weighted by atomic mass is 9.84. The van der Waals surface area contributed by atoms with E-state index in [-0.39, 0.29) is 30.3 Å². The van der Waals surface area contributed by atoms with Crippen LogP contribution < -0.4 is 10.6 Å². The quantitative estimate of drug-likeness (QED) is 0.385. The van der Waals surface area contributed by atoms with Crippen LogP contribution >= 0.6 is 11.3 Å². The Kier molecular flexibility index (Phi) is 8.87. The van der Waals surface area contributed by atoms with Crippen LogP contribution in [0, 0.1) is 24.3 Å². The second-order valence-electron chi connectivity index (χ2n) is 14.0. The second-order valence-corrected chi connectivity index (χ2v) is 14.9. The molecule has 1 saturated heterocycles. The number of likely N-dealkylation sites (tertiary alicyclic amines) is 1. The maximum Gasteiger partial charge on any atom is 0.309 e. The molecule has 1 aliphatic heterocycles. The van der Waals surface area contributed by atoms with E-state index in [4.69, 9.17) is 6.57 Å². The van der Waals surface area contributed by atoms with E-state index >= 15 is 0 Å². The van der Waals surface area contributed by atoms with Gasteiger partial charge in [0.05, 0.1) is 28.2 Å². The van der Waals surface area contributed by atoms with Gasteiger partial charge >= 0.3 is 11.4 Å². The Balaban J connectivity index is 1.55. The molecule has 2 aromatic rings. The second kappa shape index (κ2) is 11.8. The van der Waals surface area contributed by atoms with Gasteiger partial charge in [0.2, 0.25) is 11.8 Å². The summed E-state index contributed by atoms with van der Waals surface area (Å²) in [4.78, 5) is 51.1. The molecule has 1 aromatic heterocycles. The van der Waals surface area contributed by atoms with Crippen molar-refractivity contribution in [2.24, 2.45) is 10.8 Å². The van der Waals surface area contributed by atoms with Gasteiger partial charge in [0.15, 0.2) is 0 Å². The van der Waals surface area contributed by atoms with Gasteiger partial charge in [0, 0.05) is 25.8 Å². The zero-order chi connectivity index (χ0) is 31.0. The molecule has 0 radical (unpaired) electrons. The molecule has 0 bridgehead atoms. The minimum Gasteiger partial charge on any atom is -0.391 e. The molecule has 0 spiro atoms. The van der Waals surface area contributed by atoms with Crippen molar-refractivity contribution in [3.05, 3.63) is 52.5 Å². The summed E-state index contributed by atoms with van der Waals surface area (Å²) in [6.45, 7) is 21.3. The van der Waals surface area contributed by atoms with Gasteiger partial charge in [-0.25, -0.2) is 11.6 Å². The summed E-state index contributed by atoms with van der Waals surface area (Å²) in [6, 6.07) is 5.99. The fourth-order valence-electron chi connectivity index (χ4n) is 5.47. The van der Waals surface area contributed by atoms with Crippen LogP contribution in [0.5, 0.6) is 0 Å². The summed E-state index contributed by atoms with van der Waals surface area (Å²) in [5, 5.41) is 16.6. The number of aromatic nitrogens is 1. The molecule has 2 heterocycles. The van der Waals surface area contributed by atoms with Gasteiger partial charge in [-0.15, -0.1) is 11.3 Å². The van der Waals surface area contributed by atoms with E-state index in [9.17, 15) is 19.5 Å². The van der Waals surface area contributed by atoms with Crippen LogP contribution in [0.4, 0.5) is 0 Å². The Morgan fingerprint density at radius 2 is 1.79 bits per heavy atom. The molecule has 1 aromatic carbocycles. The van der Waals surface area contributed by atoms with Crippen molar-refractivity contribution >= 4 is 29.1 Å². The number of nitrogens with one attached hydrogen (secondary N) is 2. The number of hydrogen-bond acceptors (Lipinski definition) is 6. The van der Waals surface area contributed by atoms with E-state index < -0.39 is 41.0 Å². The van der Waals surface area contributed by atoms with Gasteiger partial charge in [-0.2, -0.15) is 0 Å². The van der Waals surface area contributed by atoms with E-state index in [0.717, 1.165) is 21.7 Å². The third-order valence-electron chi connectivity index (χ3n) is 8.07. The maximum absolute atomic E-state index is 13.9. The van der Waals surface area contributed by atoms with Crippen molar-refractivity contribution < 1.29 is 19.5 Å². The highest BCUT2D eigenvalue weighted by atomic mass is 32.1. The normalized spacial score (nSPS) is 21.3. The van der Waals surface area contributed by atoms with Crippen LogP contribution in [0.2, 0.25) is 0 Å². The van der Waals surface area contributed by atoms with Crippen LogP contribution in [-0.4, -0.2) is 63.0 Å². The summed E-state index contributed by atoms with van der Waals surface area (Å²) in [6.07, 6.45) is 0.865. The largest absolute Gasteiger partial charge is 0.391 e. The first-order chi connectivity index (χ1) is 19.5. The van der Waals surface area contributed by atoms with Crippen molar-refractivity contribution in [2.45, 2.75) is 104 Å². The lowest BCUT2D eigenvalue weighted by Crippen LogP contribution is -2.59. The molecular formula is C32H43N5O4S. The molecular weight excluding hydrogens is 550 g/mol. The summed E-state index contributed by atoms with van der Waals surface area (Å²) >= 11 is 1.59. The molecule has 4 atom stereocenters. The highest BCUT2D eigenvalue weighted by Gasteiger charge is 2.59. The molecule has 9 nitrogen and oxygen atoms in total. The standard InChI is InChI=1S/C32H43N5O4S/c1-19-25(42-18-34-19)21-11-9-20(10-12-21)23(16-30(2,3)4)35-27(39)24-15-22(38)17-37(24)28(40)26(31(5,6)7)36-29(41)32(33-8)13-14-32/h9-12,18,22-24,26,38H,13-17H2,1-7H3,(H,35,39)(H,36,41)/t22-,23+,24+,26-/m1/s1. The molecule has 4 rings (SSSR count). The lowest BCUT2D eigenvalue weighted by molar-refractivity contribution is -0.144. The molecule has 2 fully saturated rings. The molecule has 2 aliphatic rings. The average molecular weight is 594 g/mol. The van der Waals surface area contributed by atoms with E-state index in [0.29, 0.717) is 19.3 Å². The Hall–Kier alpha value is -3.29. The Morgan fingerprint density at radius 3 is 2.29 bits per heavy atom. The number of hydrogen-bond donors (Lipinski definition) is 3. The van der Waals surface area contributed by atoms with E-state index in [1.54, 1.807) is 11.3 Å². The Labute approximate surface area is 252 Å². The number of amides is 3. The Bertz CT molecular complexity index is 1360. The maximum atomic E-state index is 13.9. The molecule has 42 heavy (non-hydrogen) atoms. The zero-order valence-corrected chi connectivity index (χ0v) is 26.5. The van der Waals surface area contributed by atoms with Crippen molar-refractivity contribution in [1.82, 2.24) is 20.5 Å². The first-order valence-corrected chi connectivity index (χ1v) is 15.4. The fraction of sp³-hybridized carbons (Fsp3) is 0.594. The summed E-state index contributed by atoms with van der Waals surface area (Å²) in [5.74, 6) is -1.21. The molecule has 226 valence electrons. The van der Waals surface area contributed by atoms with Crippen molar-refractivity contribution in [3.63, 3.8) is 0 Å². The number of aliphatic hydroxyl groups is 1. The zero-order valence-electron chi connectivity index (χ0n) is 25.7. The van der Waals surface area contributed by atoms with Gasteiger partial charge in [-0.05, 0) is 35.3 Å². The first kappa shape index (κ1) is 31.6. The molecule has 3 amide bonds. The van der Waals surface area contributed by atoms with Crippen molar-refractivity contribution in [1.29, 1.82) is 0 Å². The number of aryl methyl sites for hydroxylation is 1. The van der Waals surface area contributed by atoms with Crippen molar-refractivity contribution in [2.75, 3.05) is 6.54 Å². The third-order valence-corrected chi connectivity index (χ3v) is 9.04. The minimum atomic E-state index is -1.10. The number of aliphatic hydroxyl groups excluding tert-OH is 1. The lowest BCUT2D eigenvalue weighted by Gasteiger charge is -2.36. The minimum absolute atomic E-state index is 0.000166. The van der Waals surface area contributed by atoms with Crippen LogP contribution in [0.15, 0.2) is 29.8 Å². The highest BCUT2D eigenvalue weighted by molar-refractivity contribution is 7.13. The van der Waals surface area contributed by atoms with Crippen LogP contribution in [0.25, 0.3) is 15.3 Å². The van der Waals surface area contributed by atoms with E-state index in [1.165, 1.54) is 4.90 Å². The molecule has 3 N–H and O–H groups in total. The summed E-state index contributed by atoms with van der Waals surface area (Å²) < 4.78 is 0. The van der Waals surface area contributed by atoms with E-state index in [1.807, 2.05) is 57.5 Å². The van der Waals surface area contributed by atoms with Gasteiger partial charge in [-0.3, -0.25) is 19.2 Å². The number of carbonyl (C=O) groups excluding carboxylic acids is 3. The van der Waals surface area contributed by atoms with Gasteiger partial charge in [0.1, 0.15) is 12.1 Å². The first-order valence-electron chi connectivity index (χ1n) is 14.5. The molecule has 0 unspecified atom stereocenters. The predicted molar refractivity (Wildman–Crippen MR) is 163 cm³/mol. The van der Waals surface area contributed by atoms with E-state index in [2.05, 4.69) is 41.2 Å². The molecule has 10 heteroatoms.